The predicted octanol–water partition coefficient (Wildman–Crippen LogP) is 1.11. The molecule has 2 aromatic rings. The molecule has 98 valence electrons. The Kier molecular flexibility index (Phi) is 3.18. The minimum atomic E-state index is -0.158. The Balaban J connectivity index is 1.50. The molecular weight excluding hydrogens is 240 g/mol. The average molecular weight is 256 g/mol. The lowest BCUT2D eigenvalue weighted by atomic mass is 10.1. The van der Waals surface area contributed by atoms with E-state index in [0.29, 0.717) is 6.54 Å². The largest absolute Gasteiger partial charge is 0.373 e. The van der Waals surface area contributed by atoms with Gasteiger partial charge in [-0.15, -0.1) is 0 Å². The van der Waals surface area contributed by atoms with E-state index >= 15 is 0 Å². The maximum atomic E-state index is 12.0. The van der Waals surface area contributed by atoms with Crippen LogP contribution in [0.3, 0.4) is 0 Å². The Bertz CT molecular complexity index is 540. The second-order valence-corrected chi connectivity index (χ2v) is 4.64. The lowest BCUT2D eigenvalue weighted by molar-refractivity contribution is -0.121. The minimum Gasteiger partial charge on any atom is -0.373 e. The van der Waals surface area contributed by atoms with E-state index in [9.17, 15) is 4.79 Å². The number of benzene rings is 1. The summed E-state index contributed by atoms with van der Waals surface area (Å²) < 4.78 is 0. The van der Waals surface area contributed by atoms with Gasteiger partial charge in [-0.25, -0.2) is 4.98 Å². The Morgan fingerprint density at radius 2 is 2.32 bits per heavy atom. The lowest BCUT2D eigenvalue weighted by Crippen LogP contribution is -2.39. The molecule has 3 rings (SSSR count). The summed E-state index contributed by atoms with van der Waals surface area (Å²) in [5.74, 6) is 0.936. The van der Waals surface area contributed by atoms with Crippen molar-refractivity contribution in [2.75, 3.05) is 11.9 Å². The molecule has 0 saturated heterocycles. The number of nitrogens with zero attached hydrogens (tertiary/aromatic N) is 1. The molecule has 1 aromatic carbocycles. The lowest BCUT2D eigenvalue weighted by Gasteiger charge is -2.11. The highest BCUT2D eigenvalue weighted by atomic mass is 16.2. The van der Waals surface area contributed by atoms with Crippen LogP contribution in [0.4, 0.5) is 5.69 Å². The van der Waals surface area contributed by atoms with Crippen LogP contribution in [0, 0.1) is 0 Å². The van der Waals surface area contributed by atoms with Crippen molar-refractivity contribution >= 4 is 11.6 Å². The number of hydrogen-bond donors (Lipinski definition) is 3. The van der Waals surface area contributed by atoms with Crippen LogP contribution in [0.5, 0.6) is 0 Å². The number of para-hydroxylation sites is 1. The third-order valence-electron chi connectivity index (χ3n) is 3.30. The maximum absolute atomic E-state index is 12.0. The highest BCUT2D eigenvalue weighted by Gasteiger charge is 2.25. The number of anilines is 1. The topological polar surface area (TPSA) is 69.8 Å². The molecule has 0 spiro atoms. The molecular formula is C14H16N4O. The molecule has 1 aliphatic rings. The number of H-pyrrole nitrogens is 1. The number of aromatic amines is 1. The monoisotopic (exact) mass is 256 g/mol. The quantitative estimate of drug-likeness (QED) is 0.767. The highest BCUT2D eigenvalue weighted by molar-refractivity contribution is 5.87. The summed E-state index contributed by atoms with van der Waals surface area (Å²) in [7, 11) is 0. The van der Waals surface area contributed by atoms with Gasteiger partial charge in [0, 0.05) is 37.5 Å². The van der Waals surface area contributed by atoms with E-state index in [1.165, 1.54) is 5.56 Å². The van der Waals surface area contributed by atoms with Crippen molar-refractivity contribution in [2.24, 2.45) is 0 Å². The molecule has 0 aliphatic carbocycles. The van der Waals surface area contributed by atoms with Crippen molar-refractivity contribution in [3.05, 3.63) is 48.0 Å². The van der Waals surface area contributed by atoms with Crippen molar-refractivity contribution in [3.8, 4) is 0 Å². The first-order chi connectivity index (χ1) is 9.33. The fraction of sp³-hybridized carbons (Fsp3) is 0.286. The molecule has 0 unspecified atom stereocenters. The van der Waals surface area contributed by atoms with Crippen LogP contribution >= 0.6 is 0 Å². The molecule has 0 radical (unpaired) electrons. The molecule has 0 saturated carbocycles. The normalized spacial score (nSPS) is 16.7. The first-order valence-corrected chi connectivity index (χ1v) is 6.43. The van der Waals surface area contributed by atoms with Crippen molar-refractivity contribution < 1.29 is 4.79 Å². The average Bonchev–Trinajstić information content (AvgIpc) is 3.07. The number of imidazole rings is 1. The third-order valence-corrected chi connectivity index (χ3v) is 3.30. The van der Waals surface area contributed by atoms with Crippen molar-refractivity contribution in [3.63, 3.8) is 0 Å². The van der Waals surface area contributed by atoms with Crippen LogP contribution in [-0.4, -0.2) is 28.5 Å². The van der Waals surface area contributed by atoms with Gasteiger partial charge in [0.2, 0.25) is 5.91 Å². The van der Waals surface area contributed by atoms with Crippen molar-refractivity contribution in [1.29, 1.82) is 0 Å². The molecule has 1 atom stereocenters. The van der Waals surface area contributed by atoms with Crippen molar-refractivity contribution in [2.45, 2.75) is 18.9 Å². The summed E-state index contributed by atoms with van der Waals surface area (Å²) in [6.45, 7) is 0.598. The SMILES string of the molecule is O=C(NCCc1ncc[nH]1)[C@@H]1Cc2ccccc2N1. The highest BCUT2D eigenvalue weighted by Crippen LogP contribution is 2.24. The van der Waals surface area contributed by atoms with Crippen molar-refractivity contribution in [1.82, 2.24) is 15.3 Å². The predicted molar refractivity (Wildman–Crippen MR) is 72.9 cm³/mol. The van der Waals surface area contributed by atoms with Crippen LogP contribution in [0.15, 0.2) is 36.7 Å². The molecule has 5 heteroatoms. The van der Waals surface area contributed by atoms with Gasteiger partial charge in [0.25, 0.3) is 0 Å². The van der Waals surface area contributed by atoms with E-state index in [2.05, 4.69) is 26.7 Å². The van der Waals surface area contributed by atoms with Gasteiger partial charge in [-0.2, -0.15) is 0 Å². The molecule has 0 bridgehead atoms. The zero-order valence-corrected chi connectivity index (χ0v) is 10.5. The Morgan fingerprint density at radius 3 is 3.11 bits per heavy atom. The summed E-state index contributed by atoms with van der Waals surface area (Å²) in [6.07, 6.45) is 4.97. The van der Waals surface area contributed by atoms with Crippen LogP contribution < -0.4 is 10.6 Å². The number of nitrogens with one attached hydrogen (secondary N) is 3. The molecule has 19 heavy (non-hydrogen) atoms. The van der Waals surface area contributed by atoms with E-state index in [-0.39, 0.29) is 11.9 Å². The fourth-order valence-electron chi connectivity index (χ4n) is 2.32. The van der Waals surface area contributed by atoms with Gasteiger partial charge in [0.1, 0.15) is 11.9 Å². The van der Waals surface area contributed by atoms with Gasteiger partial charge in [-0.1, -0.05) is 18.2 Å². The zero-order chi connectivity index (χ0) is 13.1. The second kappa shape index (κ2) is 5.14. The summed E-state index contributed by atoms with van der Waals surface area (Å²) in [6, 6.07) is 7.87. The number of amides is 1. The first kappa shape index (κ1) is 11.8. The van der Waals surface area contributed by atoms with Gasteiger partial charge in [0.05, 0.1) is 0 Å². The smallest absolute Gasteiger partial charge is 0.242 e. The van der Waals surface area contributed by atoms with E-state index < -0.39 is 0 Å². The molecule has 5 nitrogen and oxygen atoms in total. The van der Waals surface area contributed by atoms with E-state index in [4.69, 9.17) is 0 Å². The van der Waals surface area contributed by atoms with Gasteiger partial charge in [-0.3, -0.25) is 4.79 Å². The molecule has 1 aromatic heterocycles. The molecule has 1 aliphatic heterocycles. The van der Waals surface area contributed by atoms with Crippen LogP contribution in [0.25, 0.3) is 0 Å². The molecule has 3 N–H and O–H groups in total. The Hall–Kier alpha value is -2.30. The minimum absolute atomic E-state index is 0.0442. The number of carbonyl (C=O) groups is 1. The van der Waals surface area contributed by atoms with Gasteiger partial charge >= 0.3 is 0 Å². The molecule has 0 fully saturated rings. The van der Waals surface area contributed by atoms with Gasteiger partial charge in [-0.05, 0) is 11.6 Å². The summed E-state index contributed by atoms with van der Waals surface area (Å²) in [5, 5.41) is 6.18. The van der Waals surface area contributed by atoms with E-state index in [0.717, 1.165) is 24.4 Å². The summed E-state index contributed by atoms with van der Waals surface area (Å²) in [4.78, 5) is 19.2. The third kappa shape index (κ3) is 2.59. The van der Waals surface area contributed by atoms with Crippen LogP contribution in [0.1, 0.15) is 11.4 Å². The van der Waals surface area contributed by atoms with Crippen LogP contribution in [-0.2, 0) is 17.6 Å². The molecule has 2 heterocycles. The summed E-state index contributed by atoms with van der Waals surface area (Å²) >= 11 is 0. The van der Waals surface area contributed by atoms with E-state index in [1.54, 1.807) is 12.4 Å². The zero-order valence-electron chi connectivity index (χ0n) is 10.5. The van der Waals surface area contributed by atoms with Gasteiger partial charge < -0.3 is 15.6 Å². The fourth-order valence-corrected chi connectivity index (χ4v) is 2.32. The Labute approximate surface area is 111 Å². The van der Waals surface area contributed by atoms with E-state index in [1.807, 2.05) is 18.2 Å². The standard InChI is InChI=1S/C14H16N4O/c19-14(17-6-5-13-15-7-8-16-13)12-9-10-3-1-2-4-11(10)18-12/h1-4,7-8,12,18H,5-6,9H2,(H,15,16)(H,17,19)/t12-/m0/s1. The number of carbonyl (C=O) groups excluding carboxylic acids is 1. The molecule has 1 amide bonds. The van der Waals surface area contributed by atoms with Crippen LogP contribution in [0.2, 0.25) is 0 Å². The van der Waals surface area contributed by atoms with Gasteiger partial charge in [0.15, 0.2) is 0 Å². The number of fused-ring (bicyclic) bond motifs is 1. The number of aromatic nitrogens is 2. The number of rotatable bonds is 4. The first-order valence-electron chi connectivity index (χ1n) is 6.43. The second-order valence-electron chi connectivity index (χ2n) is 4.64. The number of hydrogen-bond acceptors (Lipinski definition) is 3. The maximum Gasteiger partial charge on any atom is 0.242 e. The Morgan fingerprint density at radius 1 is 1.42 bits per heavy atom. The summed E-state index contributed by atoms with van der Waals surface area (Å²) in [5.41, 5.74) is 2.27.